The smallest absolute Gasteiger partial charge is 0.389 e. The molecule has 1 unspecified atom stereocenters. The van der Waals surface area contributed by atoms with Gasteiger partial charge < -0.3 is 30.9 Å². The van der Waals surface area contributed by atoms with Gasteiger partial charge in [0.15, 0.2) is 0 Å². The molecule has 1 aliphatic heterocycles. The molecule has 3 aliphatic rings. The van der Waals surface area contributed by atoms with Gasteiger partial charge in [0, 0.05) is 19.5 Å². The molecular formula is C34H52F3N5O7. The molecule has 0 aromatic carbocycles. The lowest BCUT2D eigenvalue weighted by atomic mass is 9.85. The van der Waals surface area contributed by atoms with Gasteiger partial charge in [-0.05, 0) is 53.3 Å². The number of nitrogens with zero attached hydrogens (tertiary/aromatic N) is 1. The minimum Gasteiger partial charge on any atom is -0.464 e. The number of esters is 1. The van der Waals surface area contributed by atoms with Crippen LogP contribution < -0.4 is 21.3 Å². The van der Waals surface area contributed by atoms with E-state index in [0.29, 0.717) is 5.92 Å². The number of alkyl halides is 3. The van der Waals surface area contributed by atoms with Crippen molar-refractivity contribution < 1.29 is 46.7 Å². The molecule has 6 atom stereocenters. The van der Waals surface area contributed by atoms with E-state index in [9.17, 15) is 41.9 Å². The van der Waals surface area contributed by atoms with E-state index in [4.69, 9.17) is 4.74 Å². The van der Waals surface area contributed by atoms with E-state index in [0.717, 1.165) is 12.8 Å². The van der Waals surface area contributed by atoms with Gasteiger partial charge in [0.2, 0.25) is 17.6 Å². The van der Waals surface area contributed by atoms with E-state index < -0.39 is 94.9 Å². The number of nitrogens with one attached hydrogen (secondary N) is 4. The van der Waals surface area contributed by atoms with Crippen LogP contribution in [0.25, 0.3) is 0 Å². The summed E-state index contributed by atoms with van der Waals surface area (Å²) in [6.45, 7) is 17.9. The van der Waals surface area contributed by atoms with Gasteiger partial charge in [-0.2, -0.15) is 13.2 Å². The van der Waals surface area contributed by atoms with Crippen molar-refractivity contribution in [3.63, 3.8) is 0 Å². The number of Topliss-reactive ketones (excluding diaryl/α,β-unsaturated/α-hetero) is 1. The predicted octanol–water partition coefficient (Wildman–Crippen LogP) is 3.25. The lowest BCUT2D eigenvalue weighted by molar-refractivity contribution is -0.149. The molecule has 2 aliphatic carbocycles. The highest BCUT2D eigenvalue weighted by molar-refractivity contribution is 6.38. The number of likely N-dealkylation sites (tertiary alicyclic amines) is 1. The number of urea groups is 1. The van der Waals surface area contributed by atoms with E-state index in [2.05, 4.69) is 27.8 Å². The van der Waals surface area contributed by atoms with Gasteiger partial charge in [0.05, 0.1) is 12.6 Å². The molecule has 1 saturated heterocycles. The summed E-state index contributed by atoms with van der Waals surface area (Å²) in [7, 11) is 0. The second kappa shape index (κ2) is 14.7. The largest absolute Gasteiger partial charge is 0.464 e. The van der Waals surface area contributed by atoms with Gasteiger partial charge in [-0.1, -0.05) is 61.5 Å². The van der Waals surface area contributed by atoms with E-state index >= 15 is 0 Å². The minimum atomic E-state index is -4.66. The molecule has 0 radical (unpaired) electrons. The fourth-order valence-electron chi connectivity index (χ4n) is 6.37. The Morgan fingerprint density at radius 1 is 0.939 bits per heavy atom. The number of ether oxygens (including phenoxy) is 1. The molecule has 4 N–H and O–H groups in total. The third kappa shape index (κ3) is 10.2. The van der Waals surface area contributed by atoms with Crippen molar-refractivity contribution in [2.24, 2.45) is 34.0 Å². The maximum atomic E-state index is 14.2. The van der Waals surface area contributed by atoms with Gasteiger partial charge in [-0.25, -0.2) is 9.59 Å². The van der Waals surface area contributed by atoms with Crippen LogP contribution >= 0.6 is 0 Å². The van der Waals surface area contributed by atoms with Crippen molar-refractivity contribution in [3.8, 4) is 0 Å². The minimum absolute atomic E-state index is 0.111. The van der Waals surface area contributed by atoms with Crippen LogP contribution in [-0.4, -0.2) is 90.4 Å². The molecule has 15 heteroatoms. The maximum absolute atomic E-state index is 14.2. The van der Waals surface area contributed by atoms with Crippen LogP contribution in [0.3, 0.4) is 0 Å². The molecule has 49 heavy (non-hydrogen) atoms. The molecule has 0 aromatic rings. The highest BCUT2D eigenvalue weighted by Gasteiger charge is 2.70. The topological polar surface area (TPSA) is 163 Å². The van der Waals surface area contributed by atoms with Crippen molar-refractivity contribution in [1.82, 2.24) is 26.2 Å². The van der Waals surface area contributed by atoms with Crippen molar-refractivity contribution in [2.75, 3.05) is 19.7 Å². The Morgan fingerprint density at radius 3 is 2.02 bits per heavy atom. The van der Waals surface area contributed by atoms with E-state index in [-0.39, 0.29) is 31.5 Å². The number of amides is 5. The summed E-state index contributed by atoms with van der Waals surface area (Å²) in [5.41, 5.74) is -2.02. The first-order valence-electron chi connectivity index (χ1n) is 16.7. The molecule has 5 amide bonds. The Kier molecular flexibility index (Phi) is 11.9. The van der Waals surface area contributed by atoms with E-state index in [1.54, 1.807) is 41.5 Å². The first kappa shape index (κ1) is 39.8. The zero-order valence-corrected chi connectivity index (χ0v) is 29.7. The van der Waals surface area contributed by atoms with Crippen LogP contribution in [0.2, 0.25) is 0 Å². The Balaban J connectivity index is 1.83. The molecule has 0 spiro atoms. The second-order valence-electron chi connectivity index (χ2n) is 16.3. The molecular weight excluding hydrogens is 647 g/mol. The van der Waals surface area contributed by atoms with Crippen molar-refractivity contribution >= 4 is 35.5 Å². The first-order chi connectivity index (χ1) is 22.4. The lowest BCUT2D eigenvalue weighted by Gasteiger charge is -2.38. The predicted molar refractivity (Wildman–Crippen MR) is 174 cm³/mol. The number of fused-ring (bicyclic) bond motifs is 1. The summed E-state index contributed by atoms with van der Waals surface area (Å²) >= 11 is 0. The van der Waals surface area contributed by atoms with Gasteiger partial charge in [0.1, 0.15) is 18.1 Å². The van der Waals surface area contributed by atoms with Gasteiger partial charge in [-0.3, -0.25) is 19.2 Å². The van der Waals surface area contributed by atoms with Crippen molar-refractivity contribution in [3.05, 3.63) is 12.7 Å². The van der Waals surface area contributed by atoms with Crippen LogP contribution in [0, 0.1) is 34.0 Å². The summed E-state index contributed by atoms with van der Waals surface area (Å²) in [6, 6.07) is -6.01. The monoisotopic (exact) mass is 699 g/mol. The Labute approximate surface area is 286 Å². The number of hydrogen-bond acceptors (Lipinski definition) is 7. The summed E-state index contributed by atoms with van der Waals surface area (Å²) in [5.74, 6) is -4.71. The fraction of sp³-hybridized carbons (Fsp3) is 0.765. The number of rotatable bonds is 14. The molecule has 0 bridgehead atoms. The van der Waals surface area contributed by atoms with Crippen molar-refractivity contribution in [1.29, 1.82) is 0 Å². The molecule has 0 aromatic heterocycles. The number of carbonyl (C=O) groups excluding carboxylic acids is 6. The Bertz CT molecular complexity index is 1320. The molecule has 276 valence electrons. The highest BCUT2D eigenvalue weighted by atomic mass is 19.4. The zero-order valence-electron chi connectivity index (χ0n) is 29.7. The van der Waals surface area contributed by atoms with Crippen LogP contribution in [0.15, 0.2) is 12.7 Å². The lowest BCUT2D eigenvalue weighted by Crippen LogP contribution is -2.62. The average molecular weight is 700 g/mol. The van der Waals surface area contributed by atoms with Gasteiger partial charge >= 0.3 is 18.2 Å². The van der Waals surface area contributed by atoms with Crippen LogP contribution in [0.4, 0.5) is 18.0 Å². The third-order valence-corrected chi connectivity index (χ3v) is 9.66. The van der Waals surface area contributed by atoms with E-state index in [1.165, 1.54) is 11.0 Å². The molecule has 2 saturated carbocycles. The normalized spacial score (nSPS) is 23.2. The van der Waals surface area contributed by atoms with Gasteiger partial charge in [0.25, 0.3) is 5.91 Å². The second-order valence-corrected chi connectivity index (χ2v) is 16.3. The van der Waals surface area contributed by atoms with Crippen LogP contribution in [0.1, 0.15) is 81.1 Å². The number of hydrogen-bond donors (Lipinski definition) is 4. The Morgan fingerprint density at radius 2 is 1.51 bits per heavy atom. The van der Waals surface area contributed by atoms with E-state index in [1.807, 2.05) is 13.8 Å². The number of carbonyl (C=O) groups is 6. The summed E-state index contributed by atoms with van der Waals surface area (Å²) in [6.07, 6.45) is -3.74. The molecule has 12 nitrogen and oxygen atoms in total. The molecule has 1 heterocycles. The van der Waals surface area contributed by atoms with Gasteiger partial charge in [-0.15, -0.1) is 6.58 Å². The molecule has 3 fully saturated rings. The van der Waals surface area contributed by atoms with Crippen molar-refractivity contribution in [2.45, 2.75) is 111 Å². The highest BCUT2D eigenvalue weighted by Crippen LogP contribution is 2.65. The standard InChI is InChI=1S/C34H52F3N5O7/c1-10-15-38-27(45)23(43)20(13-14-34(35,36)37)39-26(44)22-21-19(33(21,8)9)16-42(22)28(46)24(31(2,3)4)40-30(48)41-25(32(5,6)7)29(47)49-17-18-11-12-18/h10,18-22,24-25H,1,11-17H2,2-9H3,(H,38,45)(H,39,44)(H2,40,41,48)/t19-,20?,21-,22-,24+,25+/m0/s1. The summed E-state index contributed by atoms with van der Waals surface area (Å²) in [5, 5.41) is 9.91. The molecule has 3 rings (SSSR count). The maximum Gasteiger partial charge on any atom is 0.389 e. The first-order valence-corrected chi connectivity index (χ1v) is 16.7. The van der Waals surface area contributed by atoms with Crippen LogP contribution in [-0.2, 0) is 28.7 Å². The summed E-state index contributed by atoms with van der Waals surface area (Å²) in [4.78, 5) is 81.0. The number of ketones is 1. The van der Waals surface area contributed by atoms with Crippen LogP contribution in [0.5, 0.6) is 0 Å². The SMILES string of the molecule is C=CCNC(=O)C(=O)C(CCC(F)(F)F)NC(=O)[C@@H]1[C@@H]2[C@H](CN1C(=O)[C@@H](NC(=O)N[C@H](C(=O)OCC1CC1)C(C)(C)C)C(C)(C)C)C2(C)C. The summed E-state index contributed by atoms with van der Waals surface area (Å²) < 4.78 is 44.9. The Hall–Kier alpha value is -3.65. The zero-order chi connectivity index (χ0) is 37.3. The average Bonchev–Trinajstić information content (AvgIpc) is 3.84. The third-order valence-electron chi connectivity index (χ3n) is 9.66. The quantitative estimate of drug-likeness (QED) is 0.123. The number of halogens is 3. The fourth-order valence-corrected chi connectivity index (χ4v) is 6.37. The number of piperidine rings is 1.